The van der Waals surface area contributed by atoms with Crippen LogP contribution in [-0.2, 0) is 13.0 Å². The van der Waals surface area contributed by atoms with E-state index in [4.69, 9.17) is 0 Å². The second-order valence-corrected chi connectivity index (χ2v) is 4.79. The fourth-order valence-electron chi connectivity index (χ4n) is 2.54. The normalized spacial score (nSPS) is 13.4. The largest absolute Gasteiger partial charge is 0.545 e. The maximum Gasteiger partial charge on any atom is 0.0716 e. The summed E-state index contributed by atoms with van der Waals surface area (Å²) in [6.45, 7) is 1.74. The molecular formula is C16H14NO2-. The predicted molar refractivity (Wildman–Crippen MR) is 72.0 cm³/mol. The van der Waals surface area contributed by atoms with Crippen molar-refractivity contribution in [3.63, 3.8) is 0 Å². The number of anilines is 1. The van der Waals surface area contributed by atoms with Crippen LogP contribution in [0.5, 0.6) is 0 Å². The molecule has 19 heavy (non-hydrogen) atoms. The fourth-order valence-corrected chi connectivity index (χ4v) is 2.54. The summed E-state index contributed by atoms with van der Waals surface area (Å²) >= 11 is 0. The van der Waals surface area contributed by atoms with Crippen molar-refractivity contribution in [2.24, 2.45) is 0 Å². The van der Waals surface area contributed by atoms with Crippen molar-refractivity contribution in [2.75, 3.05) is 11.4 Å². The van der Waals surface area contributed by atoms with E-state index in [-0.39, 0.29) is 5.56 Å². The number of hydrogen-bond donors (Lipinski definition) is 0. The first-order valence-electron chi connectivity index (χ1n) is 6.37. The van der Waals surface area contributed by atoms with E-state index in [1.807, 2.05) is 24.3 Å². The van der Waals surface area contributed by atoms with Crippen LogP contribution in [0.2, 0.25) is 0 Å². The van der Waals surface area contributed by atoms with Crippen LogP contribution < -0.4 is 10.0 Å². The molecule has 0 aliphatic carbocycles. The Morgan fingerprint density at radius 2 is 1.95 bits per heavy atom. The van der Waals surface area contributed by atoms with Crippen molar-refractivity contribution in [3.05, 3.63) is 65.2 Å². The maximum absolute atomic E-state index is 10.9. The lowest BCUT2D eigenvalue weighted by molar-refractivity contribution is -0.255. The molecule has 0 atom stereocenters. The SMILES string of the molecule is O=C([O-])c1ccc2c(c1)N(Cc1ccccc1)CC2. The third-order valence-electron chi connectivity index (χ3n) is 3.53. The van der Waals surface area contributed by atoms with Gasteiger partial charge in [0.25, 0.3) is 0 Å². The monoisotopic (exact) mass is 252 g/mol. The second-order valence-electron chi connectivity index (χ2n) is 4.79. The highest BCUT2D eigenvalue weighted by atomic mass is 16.4. The second kappa shape index (κ2) is 4.76. The maximum atomic E-state index is 10.9. The van der Waals surface area contributed by atoms with Crippen LogP contribution in [0.25, 0.3) is 0 Å². The topological polar surface area (TPSA) is 43.4 Å². The summed E-state index contributed by atoms with van der Waals surface area (Å²) in [4.78, 5) is 13.2. The van der Waals surface area contributed by atoms with E-state index in [0.717, 1.165) is 25.2 Å². The average molecular weight is 252 g/mol. The van der Waals surface area contributed by atoms with Crippen LogP contribution in [0.4, 0.5) is 5.69 Å². The molecular weight excluding hydrogens is 238 g/mol. The Morgan fingerprint density at radius 3 is 2.68 bits per heavy atom. The molecule has 0 spiro atoms. The standard InChI is InChI=1S/C16H15NO2/c18-16(19)14-7-6-13-8-9-17(15(13)10-14)11-12-4-2-1-3-5-12/h1-7,10H,8-9,11H2,(H,18,19)/p-1. The van der Waals surface area contributed by atoms with Gasteiger partial charge in [-0.15, -0.1) is 0 Å². The molecule has 2 aromatic carbocycles. The minimum absolute atomic E-state index is 0.249. The number of carboxylic acids is 1. The Labute approximate surface area is 112 Å². The first kappa shape index (κ1) is 11.8. The Kier molecular flexibility index (Phi) is 2.95. The molecule has 0 radical (unpaired) electrons. The zero-order valence-electron chi connectivity index (χ0n) is 10.5. The van der Waals surface area contributed by atoms with Crippen molar-refractivity contribution >= 4 is 11.7 Å². The van der Waals surface area contributed by atoms with Gasteiger partial charge < -0.3 is 14.8 Å². The summed E-state index contributed by atoms with van der Waals surface area (Å²) in [7, 11) is 0. The molecule has 3 nitrogen and oxygen atoms in total. The molecule has 3 heteroatoms. The van der Waals surface area contributed by atoms with Crippen molar-refractivity contribution in [3.8, 4) is 0 Å². The molecule has 2 aromatic rings. The summed E-state index contributed by atoms with van der Waals surface area (Å²) < 4.78 is 0. The number of fused-ring (bicyclic) bond motifs is 1. The van der Waals surface area contributed by atoms with Gasteiger partial charge >= 0.3 is 0 Å². The van der Waals surface area contributed by atoms with Gasteiger partial charge in [0.05, 0.1) is 5.97 Å². The zero-order valence-corrected chi connectivity index (χ0v) is 10.5. The van der Waals surface area contributed by atoms with Gasteiger partial charge in [-0.25, -0.2) is 0 Å². The number of aromatic carboxylic acids is 1. The molecule has 0 fully saturated rings. The van der Waals surface area contributed by atoms with E-state index in [9.17, 15) is 9.90 Å². The molecule has 1 aliphatic heterocycles. The van der Waals surface area contributed by atoms with Crippen molar-refractivity contribution in [1.82, 2.24) is 0 Å². The van der Waals surface area contributed by atoms with Crippen molar-refractivity contribution in [2.45, 2.75) is 13.0 Å². The molecule has 0 saturated carbocycles. The average Bonchev–Trinajstić information content (AvgIpc) is 2.82. The lowest BCUT2D eigenvalue weighted by Gasteiger charge is -2.20. The highest BCUT2D eigenvalue weighted by Crippen LogP contribution is 2.30. The third-order valence-corrected chi connectivity index (χ3v) is 3.53. The van der Waals surface area contributed by atoms with Gasteiger partial charge in [-0.1, -0.05) is 42.5 Å². The van der Waals surface area contributed by atoms with Crippen LogP contribution in [0.15, 0.2) is 48.5 Å². The van der Waals surface area contributed by atoms with Gasteiger partial charge in [0.2, 0.25) is 0 Å². The van der Waals surface area contributed by atoms with Gasteiger partial charge in [0.1, 0.15) is 0 Å². The number of rotatable bonds is 3. The first-order valence-corrected chi connectivity index (χ1v) is 6.37. The van der Waals surface area contributed by atoms with Crippen molar-refractivity contribution < 1.29 is 9.90 Å². The molecule has 0 aromatic heterocycles. The molecule has 0 bridgehead atoms. The Balaban J connectivity index is 1.88. The number of hydrogen-bond acceptors (Lipinski definition) is 3. The third kappa shape index (κ3) is 2.32. The zero-order chi connectivity index (χ0) is 13.2. The molecule has 96 valence electrons. The highest BCUT2D eigenvalue weighted by Gasteiger charge is 2.19. The van der Waals surface area contributed by atoms with Crippen LogP contribution in [0, 0.1) is 0 Å². The molecule has 3 rings (SSSR count). The van der Waals surface area contributed by atoms with E-state index >= 15 is 0 Å². The van der Waals surface area contributed by atoms with E-state index in [0.29, 0.717) is 0 Å². The minimum atomic E-state index is -1.12. The Hall–Kier alpha value is -2.29. The molecule has 0 saturated heterocycles. The minimum Gasteiger partial charge on any atom is -0.545 e. The van der Waals surface area contributed by atoms with E-state index in [2.05, 4.69) is 17.0 Å². The van der Waals surface area contributed by atoms with Crippen molar-refractivity contribution in [1.29, 1.82) is 0 Å². The van der Waals surface area contributed by atoms with Gasteiger partial charge in [-0.3, -0.25) is 0 Å². The summed E-state index contributed by atoms with van der Waals surface area (Å²) in [5.41, 5.74) is 3.71. The van der Waals surface area contributed by atoms with E-state index in [1.54, 1.807) is 12.1 Å². The smallest absolute Gasteiger partial charge is 0.0716 e. The van der Waals surface area contributed by atoms with Gasteiger partial charge in [-0.2, -0.15) is 0 Å². The number of nitrogens with zero attached hydrogens (tertiary/aromatic N) is 1. The van der Waals surface area contributed by atoms with Gasteiger partial charge in [-0.05, 0) is 29.2 Å². The summed E-state index contributed by atoms with van der Waals surface area (Å²) in [6.07, 6.45) is 0.968. The summed E-state index contributed by atoms with van der Waals surface area (Å²) in [5.74, 6) is -1.12. The fraction of sp³-hybridized carbons (Fsp3) is 0.188. The molecule has 1 aliphatic rings. The van der Waals surface area contributed by atoms with Crippen LogP contribution in [0.3, 0.4) is 0 Å². The summed E-state index contributed by atoms with van der Waals surface area (Å²) in [6, 6.07) is 15.4. The van der Waals surface area contributed by atoms with Crippen LogP contribution >= 0.6 is 0 Å². The lowest BCUT2D eigenvalue weighted by Crippen LogP contribution is -2.23. The summed E-state index contributed by atoms with van der Waals surface area (Å²) in [5, 5.41) is 10.9. The quantitative estimate of drug-likeness (QED) is 0.833. The van der Waals surface area contributed by atoms with Crippen LogP contribution in [-0.4, -0.2) is 12.5 Å². The molecule has 0 unspecified atom stereocenters. The number of carbonyl (C=O) groups is 1. The Morgan fingerprint density at radius 1 is 1.16 bits per heavy atom. The van der Waals surface area contributed by atoms with E-state index in [1.165, 1.54) is 11.1 Å². The number of carbonyl (C=O) groups excluding carboxylic acids is 1. The molecule has 1 heterocycles. The predicted octanol–water partition coefficient (Wildman–Crippen LogP) is 1.61. The first-order chi connectivity index (χ1) is 9.24. The van der Waals surface area contributed by atoms with Gasteiger partial charge in [0.15, 0.2) is 0 Å². The number of benzene rings is 2. The lowest BCUT2D eigenvalue weighted by atomic mass is 10.1. The van der Waals surface area contributed by atoms with Gasteiger partial charge in [0, 0.05) is 18.8 Å². The molecule has 0 N–H and O–H groups in total. The highest BCUT2D eigenvalue weighted by molar-refractivity contribution is 5.87. The van der Waals surface area contributed by atoms with Crippen LogP contribution in [0.1, 0.15) is 21.5 Å². The Bertz CT molecular complexity index is 607. The molecule has 0 amide bonds. The van der Waals surface area contributed by atoms with E-state index < -0.39 is 5.97 Å². The number of carboxylic acid groups (broad SMARTS) is 1.